The van der Waals surface area contributed by atoms with Crippen LogP contribution in [0.1, 0.15) is 25.2 Å². The minimum atomic E-state index is -0.411. The van der Waals surface area contributed by atoms with Gasteiger partial charge in [0.15, 0.2) is 4.96 Å². The second-order valence-electron chi connectivity index (χ2n) is 5.13. The maximum absolute atomic E-state index is 12.4. The van der Waals surface area contributed by atoms with Crippen LogP contribution in [0.2, 0.25) is 0 Å². The quantitative estimate of drug-likeness (QED) is 0.788. The topological polar surface area (TPSA) is 63.9 Å². The summed E-state index contributed by atoms with van der Waals surface area (Å²) in [6.07, 6.45) is 2.15. The summed E-state index contributed by atoms with van der Waals surface area (Å²) in [6, 6.07) is -0.0600. The second kappa shape index (κ2) is 6.26. The van der Waals surface area contributed by atoms with Gasteiger partial charge in [-0.25, -0.2) is 4.98 Å². The number of carbonyl (C=O) groups is 2. The minimum Gasteiger partial charge on any atom is -0.468 e. The number of amides is 1. The van der Waals surface area contributed by atoms with Crippen LogP contribution >= 0.6 is 11.3 Å². The number of ether oxygens (including phenoxy) is 1. The monoisotopic (exact) mass is 309 g/mol. The lowest BCUT2D eigenvalue weighted by molar-refractivity contribution is -0.148. The lowest BCUT2D eigenvalue weighted by atomic mass is 10.2. The normalized spacial score (nSPS) is 11.1. The van der Waals surface area contributed by atoms with Crippen molar-refractivity contribution in [3.8, 4) is 0 Å². The molecule has 7 heteroatoms. The molecule has 2 aromatic rings. The van der Waals surface area contributed by atoms with Crippen LogP contribution in [0, 0.1) is 6.92 Å². The van der Waals surface area contributed by atoms with Crippen molar-refractivity contribution < 1.29 is 14.3 Å². The van der Waals surface area contributed by atoms with E-state index in [4.69, 9.17) is 0 Å². The number of esters is 1. The van der Waals surface area contributed by atoms with Crippen molar-refractivity contribution in [2.45, 2.75) is 33.2 Å². The summed E-state index contributed by atoms with van der Waals surface area (Å²) in [5.74, 6) is -0.507. The van der Waals surface area contributed by atoms with Gasteiger partial charge < -0.3 is 9.64 Å². The molecule has 2 rings (SSSR count). The van der Waals surface area contributed by atoms with Gasteiger partial charge in [-0.3, -0.25) is 14.0 Å². The van der Waals surface area contributed by atoms with Crippen LogP contribution in [0.5, 0.6) is 0 Å². The van der Waals surface area contributed by atoms with Crippen molar-refractivity contribution in [2.75, 3.05) is 13.7 Å². The van der Waals surface area contributed by atoms with Crippen LogP contribution in [0.4, 0.5) is 0 Å². The summed E-state index contributed by atoms with van der Waals surface area (Å²) < 4.78 is 6.57. The fourth-order valence-corrected chi connectivity index (χ4v) is 3.01. The number of nitrogens with zero attached hydrogens (tertiary/aromatic N) is 3. The molecule has 6 nitrogen and oxygen atoms in total. The highest BCUT2D eigenvalue weighted by atomic mass is 32.1. The average molecular weight is 309 g/mol. The van der Waals surface area contributed by atoms with E-state index in [9.17, 15) is 9.59 Å². The maximum atomic E-state index is 12.4. The molecule has 0 aliphatic heterocycles. The number of fused-ring (bicyclic) bond motifs is 1. The average Bonchev–Trinajstić information content (AvgIpc) is 2.95. The zero-order chi connectivity index (χ0) is 15.6. The molecule has 0 aliphatic carbocycles. The largest absolute Gasteiger partial charge is 0.468 e. The summed E-state index contributed by atoms with van der Waals surface area (Å²) in [6.45, 7) is 5.66. The molecule has 0 spiro atoms. The number of hydrogen-bond acceptors (Lipinski definition) is 5. The van der Waals surface area contributed by atoms with Crippen molar-refractivity contribution >= 4 is 28.2 Å². The lowest BCUT2D eigenvalue weighted by Gasteiger charge is -2.25. The molecule has 0 N–H and O–H groups in total. The molecule has 0 bridgehead atoms. The fourth-order valence-electron chi connectivity index (χ4n) is 2.09. The lowest BCUT2D eigenvalue weighted by Crippen LogP contribution is -2.42. The van der Waals surface area contributed by atoms with Gasteiger partial charge in [-0.15, -0.1) is 11.3 Å². The van der Waals surface area contributed by atoms with Gasteiger partial charge >= 0.3 is 5.97 Å². The first-order valence-corrected chi connectivity index (χ1v) is 7.58. The second-order valence-corrected chi connectivity index (χ2v) is 5.97. The molecule has 21 heavy (non-hydrogen) atoms. The van der Waals surface area contributed by atoms with E-state index in [-0.39, 0.29) is 24.9 Å². The summed E-state index contributed by atoms with van der Waals surface area (Å²) in [7, 11) is 1.32. The molecule has 0 saturated heterocycles. The van der Waals surface area contributed by atoms with Crippen LogP contribution < -0.4 is 0 Å². The smallest absolute Gasteiger partial charge is 0.325 e. The van der Waals surface area contributed by atoms with E-state index in [0.29, 0.717) is 0 Å². The van der Waals surface area contributed by atoms with Gasteiger partial charge in [0.2, 0.25) is 5.91 Å². The fraction of sp³-hybridized carbons (Fsp3) is 0.500. The Morgan fingerprint density at radius 3 is 2.81 bits per heavy atom. The van der Waals surface area contributed by atoms with Crippen LogP contribution in [-0.2, 0) is 20.7 Å². The number of carbonyl (C=O) groups excluding carboxylic acids is 2. The number of imidazole rings is 1. The molecule has 0 fully saturated rings. The van der Waals surface area contributed by atoms with Crippen LogP contribution in [0.15, 0.2) is 11.6 Å². The first kappa shape index (κ1) is 15.5. The van der Waals surface area contributed by atoms with Gasteiger partial charge in [0.05, 0.1) is 19.2 Å². The molecular weight excluding hydrogens is 290 g/mol. The molecule has 0 aromatic carbocycles. The van der Waals surface area contributed by atoms with Gasteiger partial charge in [-0.2, -0.15) is 0 Å². The highest BCUT2D eigenvalue weighted by Crippen LogP contribution is 2.18. The van der Waals surface area contributed by atoms with E-state index >= 15 is 0 Å². The number of aryl methyl sites for hydroxylation is 1. The van der Waals surface area contributed by atoms with E-state index in [2.05, 4.69) is 9.72 Å². The number of thiazole rings is 1. The Kier molecular flexibility index (Phi) is 4.62. The van der Waals surface area contributed by atoms with E-state index in [0.717, 1.165) is 16.3 Å². The third kappa shape index (κ3) is 3.41. The summed E-state index contributed by atoms with van der Waals surface area (Å²) in [5, 5.41) is 1.93. The van der Waals surface area contributed by atoms with E-state index in [1.165, 1.54) is 23.3 Å². The highest BCUT2D eigenvalue weighted by molar-refractivity contribution is 7.15. The number of hydrogen-bond donors (Lipinski definition) is 0. The van der Waals surface area contributed by atoms with Crippen molar-refractivity contribution in [3.05, 3.63) is 23.0 Å². The van der Waals surface area contributed by atoms with Gasteiger partial charge in [0.25, 0.3) is 0 Å². The summed E-state index contributed by atoms with van der Waals surface area (Å²) >= 11 is 1.50. The van der Waals surface area contributed by atoms with E-state index in [1.807, 2.05) is 36.7 Å². The van der Waals surface area contributed by atoms with Gasteiger partial charge in [0, 0.05) is 23.3 Å². The SMILES string of the molecule is COC(=O)CN(C(=O)Cc1csc2nc(C)cn12)C(C)C. The molecule has 2 aromatic heterocycles. The molecule has 0 radical (unpaired) electrons. The minimum absolute atomic E-state index is 0.0246. The molecule has 0 atom stereocenters. The molecule has 114 valence electrons. The standard InChI is InChI=1S/C14H19N3O3S/c1-9(2)16(7-13(19)20-4)12(18)5-11-8-21-14-15-10(3)6-17(11)14/h6,8-9H,5,7H2,1-4H3. The Hall–Kier alpha value is -1.89. The van der Waals surface area contributed by atoms with Gasteiger partial charge in [0.1, 0.15) is 6.54 Å². The van der Waals surface area contributed by atoms with Crippen molar-refractivity contribution in [3.63, 3.8) is 0 Å². The molecular formula is C14H19N3O3S. The zero-order valence-corrected chi connectivity index (χ0v) is 13.4. The van der Waals surface area contributed by atoms with Crippen molar-refractivity contribution in [2.24, 2.45) is 0 Å². The molecule has 2 heterocycles. The summed E-state index contributed by atoms with van der Waals surface area (Å²) in [5.41, 5.74) is 1.81. The molecule has 1 amide bonds. The Labute approximate surface area is 127 Å². The van der Waals surface area contributed by atoms with Crippen LogP contribution in [-0.4, -0.2) is 45.9 Å². The summed E-state index contributed by atoms with van der Waals surface area (Å²) in [4.78, 5) is 30.6. The van der Waals surface area contributed by atoms with Gasteiger partial charge in [-0.05, 0) is 20.8 Å². The Morgan fingerprint density at radius 2 is 2.19 bits per heavy atom. The highest BCUT2D eigenvalue weighted by Gasteiger charge is 2.22. The maximum Gasteiger partial charge on any atom is 0.325 e. The Morgan fingerprint density at radius 1 is 1.48 bits per heavy atom. The first-order valence-electron chi connectivity index (χ1n) is 6.70. The Bertz CT molecular complexity index is 660. The predicted molar refractivity (Wildman–Crippen MR) is 80.4 cm³/mol. The van der Waals surface area contributed by atoms with Crippen molar-refractivity contribution in [1.82, 2.24) is 14.3 Å². The zero-order valence-electron chi connectivity index (χ0n) is 12.6. The number of rotatable bonds is 5. The third-order valence-corrected chi connectivity index (χ3v) is 4.10. The van der Waals surface area contributed by atoms with Crippen molar-refractivity contribution in [1.29, 1.82) is 0 Å². The number of aromatic nitrogens is 2. The van der Waals surface area contributed by atoms with E-state index < -0.39 is 5.97 Å². The third-order valence-electron chi connectivity index (χ3n) is 3.21. The molecule has 0 aliphatic rings. The molecule has 0 saturated carbocycles. The van der Waals surface area contributed by atoms with Crippen LogP contribution in [0.3, 0.4) is 0 Å². The van der Waals surface area contributed by atoms with Crippen LogP contribution in [0.25, 0.3) is 4.96 Å². The Balaban J connectivity index is 2.16. The van der Waals surface area contributed by atoms with E-state index in [1.54, 1.807) is 0 Å². The predicted octanol–water partition coefficient (Wildman–Crippen LogP) is 1.66. The molecule has 0 unspecified atom stereocenters. The van der Waals surface area contributed by atoms with Gasteiger partial charge in [-0.1, -0.05) is 0 Å². The first-order chi connectivity index (χ1) is 9.92. The number of methoxy groups -OCH3 is 1.